The SMILES string of the molecule is Cc1nc(Sc2nc(N)ncc2[N+](=O)[O-])nc(C)c1C. The summed E-state index contributed by atoms with van der Waals surface area (Å²) in [5.41, 5.74) is 7.89. The molecule has 0 aliphatic rings. The van der Waals surface area contributed by atoms with Gasteiger partial charge in [0, 0.05) is 11.4 Å². The van der Waals surface area contributed by atoms with Crippen molar-refractivity contribution < 1.29 is 4.92 Å². The summed E-state index contributed by atoms with van der Waals surface area (Å²) in [6, 6.07) is 0. The summed E-state index contributed by atoms with van der Waals surface area (Å²) in [4.78, 5) is 26.5. The molecule has 20 heavy (non-hydrogen) atoms. The molecule has 2 rings (SSSR count). The molecule has 0 saturated heterocycles. The number of nitrogen functional groups attached to an aromatic ring is 1. The summed E-state index contributed by atoms with van der Waals surface area (Å²) < 4.78 is 0. The Morgan fingerprint density at radius 2 is 1.80 bits per heavy atom. The predicted octanol–water partition coefficient (Wildman–Crippen LogP) is 1.83. The van der Waals surface area contributed by atoms with Gasteiger partial charge in [0.2, 0.25) is 5.95 Å². The standard InChI is InChI=1S/C11H12N6O2S/c1-5-6(2)14-11(15-7(5)3)20-9-8(17(18)19)4-13-10(12)16-9/h4H,1-3H3,(H2,12,13,16). The van der Waals surface area contributed by atoms with E-state index in [0.29, 0.717) is 5.16 Å². The number of hydrogen-bond donors (Lipinski definition) is 1. The van der Waals surface area contributed by atoms with Gasteiger partial charge in [-0.2, -0.15) is 4.98 Å². The molecule has 0 unspecified atom stereocenters. The van der Waals surface area contributed by atoms with Crippen LogP contribution in [0.15, 0.2) is 16.4 Å². The molecule has 2 N–H and O–H groups in total. The summed E-state index contributed by atoms with van der Waals surface area (Å²) in [5.74, 6) is -0.0290. The number of hydrogen-bond acceptors (Lipinski definition) is 8. The highest BCUT2D eigenvalue weighted by molar-refractivity contribution is 7.99. The number of rotatable bonds is 3. The van der Waals surface area contributed by atoms with Gasteiger partial charge >= 0.3 is 5.69 Å². The van der Waals surface area contributed by atoms with Crippen LogP contribution in [0.25, 0.3) is 0 Å². The molecular weight excluding hydrogens is 280 g/mol. The Hall–Kier alpha value is -2.29. The molecule has 0 radical (unpaired) electrons. The maximum atomic E-state index is 10.9. The van der Waals surface area contributed by atoms with Crippen LogP contribution in [0.2, 0.25) is 0 Å². The van der Waals surface area contributed by atoms with Crippen molar-refractivity contribution in [3.8, 4) is 0 Å². The topological polar surface area (TPSA) is 121 Å². The fourth-order valence-corrected chi connectivity index (χ4v) is 2.36. The van der Waals surface area contributed by atoms with Crippen LogP contribution in [0.4, 0.5) is 11.6 Å². The lowest BCUT2D eigenvalue weighted by atomic mass is 10.2. The summed E-state index contributed by atoms with van der Waals surface area (Å²) in [7, 11) is 0. The number of aromatic nitrogens is 4. The molecule has 0 saturated carbocycles. The van der Waals surface area contributed by atoms with Crippen molar-refractivity contribution in [2.45, 2.75) is 31.0 Å². The molecule has 2 aromatic rings. The normalized spacial score (nSPS) is 10.6. The number of aryl methyl sites for hydroxylation is 2. The minimum atomic E-state index is -0.560. The molecule has 9 heteroatoms. The first-order chi connectivity index (χ1) is 9.38. The van der Waals surface area contributed by atoms with Crippen LogP contribution < -0.4 is 5.73 Å². The molecular formula is C11H12N6O2S. The Kier molecular flexibility index (Phi) is 3.79. The summed E-state index contributed by atoms with van der Waals surface area (Å²) >= 11 is 0.999. The van der Waals surface area contributed by atoms with E-state index in [1.54, 1.807) is 0 Å². The molecule has 104 valence electrons. The third-order valence-electron chi connectivity index (χ3n) is 2.75. The molecule has 8 nitrogen and oxygen atoms in total. The van der Waals surface area contributed by atoms with E-state index in [1.165, 1.54) is 0 Å². The van der Waals surface area contributed by atoms with Gasteiger partial charge in [0.15, 0.2) is 10.2 Å². The zero-order chi connectivity index (χ0) is 14.9. The van der Waals surface area contributed by atoms with Gasteiger partial charge in [-0.25, -0.2) is 15.0 Å². The van der Waals surface area contributed by atoms with E-state index in [-0.39, 0.29) is 16.7 Å². The lowest BCUT2D eigenvalue weighted by Gasteiger charge is -2.06. The maximum Gasteiger partial charge on any atom is 0.320 e. The van der Waals surface area contributed by atoms with Gasteiger partial charge in [0.1, 0.15) is 6.20 Å². The molecule has 0 bridgehead atoms. The highest BCUT2D eigenvalue weighted by atomic mass is 32.2. The fourth-order valence-electron chi connectivity index (χ4n) is 1.45. The number of nitrogens with zero attached hydrogens (tertiary/aromatic N) is 5. The molecule has 2 heterocycles. The van der Waals surface area contributed by atoms with E-state index < -0.39 is 4.92 Å². The third-order valence-corrected chi connectivity index (χ3v) is 3.61. The second-order valence-corrected chi connectivity index (χ2v) is 5.04. The van der Waals surface area contributed by atoms with Crippen molar-refractivity contribution in [2.75, 3.05) is 5.73 Å². The molecule has 0 fully saturated rings. The monoisotopic (exact) mass is 292 g/mol. The van der Waals surface area contributed by atoms with E-state index in [1.807, 2.05) is 20.8 Å². The van der Waals surface area contributed by atoms with E-state index in [4.69, 9.17) is 5.73 Å². The zero-order valence-corrected chi connectivity index (χ0v) is 11.9. The first-order valence-electron chi connectivity index (χ1n) is 5.65. The highest BCUT2D eigenvalue weighted by Crippen LogP contribution is 2.31. The lowest BCUT2D eigenvalue weighted by Crippen LogP contribution is -2.02. The summed E-state index contributed by atoms with van der Waals surface area (Å²) in [5, 5.41) is 11.5. The summed E-state index contributed by atoms with van der Waals surface area (Å²) in [6.07, 6.45) is 1.08. The molecule has 2 aromatic heterocycles. The van der Waals surface area contributed by atoms with E-state index in [2.05, 4.69) is 19.9 Å². The first kappa shape index (κ1) is 14.1. The lowest BCUT2D eigenvalue weighted by molar-refractivity contribution is -0.388. The molecule has 0 aliphatic carbocycles. The minimum absolute atomic E-state index is 0.0290. The van der Waals surface area contributed by atoms with Gasteiger partial charge in [0.25, 0.3) is 0 Å². The van der Waals surface area contributed by atoms with Gasteiger partial charge in [0.05, 0.1) is 4.92 Å². The third kappa shape index (κ3) is 2.82. The van der Waals surface area contributed by atoms with Crippen LogP contribution in [0, 0.1) is 30.9 Å². The highest BCUT2D eigenvalue weighted by Gasteiger charge is 2.19. The van der Waals surface area contributed by atoms with Crippen LogP contribution in [0.3, 0.4) is 0 Å². The quantitative estimate of drug-likeness (QED) is 0.393. The summed E-state index contributed by atoms with van der Waals surface area (Å²) in [6.45, 7) is 5.64. The number of nitro groups is 1. The second kappa shape index (κ2) is 5.37. The van der Waals surface area contributed by atoms with E-state index in [9.17, 15) is 10.1 Å². The van der Waals surface area contributed by atoms with Crippen LogP contribution in [0.5, 0.6) is 0 Å². The van der Waals surface area contributed by atoms with Crippen LogP contribution >= 0.6 is 11.8 Å². The van der Waals surface area contributed by atoms with Gasteiger partial charge in [-0.05, 0) is 38.1 Å². The van der Waals surface area contributed by atoms with Crippen molar-refractivity contribution in [2.24, 2.45) is 0 Å². The maximum absolute atomic E-state index is 10.9. The average molecular weight is 292 g/mol. The second-order valence-electron chi connectivity index (χ2n) is 4.08. The smallest absolute Gasteiger partial charge is 0.320 e. The van der Waals surface area contributed by atoms with E-state index >= 15 is 0 Å². The Morgan fingerprint density at radius 1 is 1.20 bits per heavy atom. The zero-order valence-electron chi connectivity index (χ0n) is 11.1. The van der Waals surface area contributed by atoms with Crippen molar-refractivity contribution in [1.29, 1.82) is 0 Å². The first-order valence-corrected chi connectivity index (χ1v) is 6.46. The van der Waals surface area contributed by atoms with Crippen LogP contribution in [-0.4, -0.2) is 24.9 Å². The Balaban J connectivity index is 2.44. The number of nitrogens with two attached hydrogens (primary N) is 1. The Bertz CT molecular complexity index is 668. The fraction of sp³-hybridized carbons (Fsp3) is 0.273. The van der Waals surface area contributed by atoms with Crippen LogP contribution in [-0.2, 0) is 0 Å². The molecule has 0 spiro atoms. The van der Waals surface area contributed by atoms with Crippen molar-refractivity contribution in [3.05, 3.63) is 33.3 Å². The van der Waals surface area contributed by atoms with Crippen molar-refractivity contribution in [1.82, 2.24) is 19.9 Å². The largest absolute Gasteiger partial charge is 0.368 e. The van der Waals surface area contributed by atoms with Gasteiger partial charge in [-0.15, -0.1) is 0 Å². The Morgan fingerprint density at radius 3 is 2.35 bits per heavy atom. The Labute approximate surface area is 119 Å². The van der Waals surface area contributed by atoms with Crippen LogP contribution in [0.1, 0.15) is 17.0 Å². The molecule has 0 aliphatic heterocycles. The molecule has 0 amide bonds. The van der Waals surface area contributed by atoms with Crippen molar-refractivity contribution in [3.63, 3.8) is 0 Å². The minimum Gasteiger partial charge on any atom is -0.368 e. The van der Waals surface area contributed by atoms with E-state index in [0.717, 1.165) is 34.9 Å². The predicted molar refractivity (Wildman–Crippen MR) is 73.5 cm³/mol. The molecule has 0 aromatic carbocycles. The number of anilines is 1. The van der Waals surface area contributed by atoms with Crippen molar-refractivity contribution >= 4 is 23.4 Å². The van der Waals surface area contributed by atoms with Gasteiger partial charge < -0.3 is 5.73 Å². The van der Waals surface area contributed by atoms with Gasteiger partial charge in [-0.3, -0.25) is 10.1 Å². The van der Waals surface area contributed by atoms with Gasteiger partial charge in [-0.1, -0.05) is 0 Å². The molecule has 0 atom stereocenters. The average Bonchev–Trinajstić information content (AvgIpc) is 2.35.